The molecule has 17 heavy (non-hydrogen) atoms. The molecule has 0 saturated carbocycles. The van der Waals surface area contributed by atoms with Gasteiger partial charge in [0.15, 0.2) is 11.4 Å². The third-order valence-corrected chi connectivity index (χ3v) is 2.76. The van der Waals surface area contributed by atoms with Gasteiger partial charge in [0.1, 0.15) is 0 Å². The lowest BCUT2D eigenvalue weighted by atomic mass is 9.75. The molecule has 0 bridgehead atoms. The van der Waals surface area contributed by atoms with Crippen molar-refractivity contribution < 1.29 is 14.3 Å². The molecule has 1 amide bonds. The zero-order valence-electron chi connectivity index (χ0n) is 12.7. The normalized spacial score (nSPS) is 13.9. The van der Waals surface area contributed by atoms with Crippen molar-refractivity contribution in [2.75, 3.05) is 14.1 Å². The van der Waals surface area contributed by atoms with Gasteiger partial charge in [-0.25, -0.2) is 4.79 Å². The van der Waals surface area contributed by atoms with E-state index in [-0.39, 0.29) is 5.78 Å². The highest BCUT2D eigenvalue weighted by molar-refractivity contribution is 5.87. The van der Waals surface area contributed by atoms with Crippen molar-refractivity contribution in [1.82, 2.24) is 4.90 Å². The Morgan fingerprint density at radius 1 is 1.00 bits per heavy atom. The van der Waals surface area contributed by atoms with Gasteiger partial charge in [0.05, 0.1) is 0 Å². The van der Waals surface area contributed by atoms with Gasteiger partial charge >= 0.3 is 6.09 Å². The maximum Gasteiger partial charge on any atom is 0.410 e. The molecule has 0 fully saturated rings. The van der Waals surface area contributed by atoms with E-state index < -0.39 is 17.1 Å². The van der Waals surface area contributed by atoms with E-state index in [1.165, 1.54) is 11.8 Å². The van der Waals surface area contributed by atoms with E-state index in [1.54, 1.807) is 21.0 Å². The van der Waals surface area contributed by atoms with Crippen molar-refractivity contribution in [2.45, 2.75) is 54.1 Å². The monoisotopic (exact) mass is 245 g/mol. The molecule has 0 aliphatic carbocycles. The summed E-state index contributed by atoms with van der Waals surface area (Å²) in [7, 11) is 3.18. The molecular weight excluding hydrogens is 218 g/mol. The number of ketones is 1. The number of ether oxygens (including phenoxy) is 1. The van der Waals surface area contributed by atoms with Crippen LogP contribution in [-0.2, 0) is 9.53 Å². The fraction of sp³-hybridized carbons (Fsp3) is 0.846. The largest absolute Gasteiger partial charge is 0.435 e. The van der Waals surface area contributed by atoms with Crippen molar-refractivity contribution in [3.05, 3.63) is 0 Å². The summed E-state index contributed by atoms with van der Waals surface area (Å²) >= 11 is 0. The second kappa shape index (κ2) is 6.62. The highest BCUT2D eigenvalue weighted by atomic mass is 16.6. The van der Waals surface area contributed by atoms with Crippen LogP contribution in [0.15, 0.2) is 0 Å². The van der Waals surface area contributed by atoms with E-state index in [0.29, 0.717) is 0 Å². The average Bonchev–Trinajstić information content (AvgIpc) is 2.18. The van der Waals surface area contributed by atoms with Crippen LogP contribution in [0.1, 0.15) is 48.5 Å². The molecule has 0 saturated heterocycles. The van der Waals surface area contributed by atoms with E-state index in [2.05, 4.69) is 0 Å². The first-order valence-electron chi connectivity index (χ1n) is 5.93. The van der Waals surface area contributed by atoms with Crippen molar-refractivity contribution in [3.8, 4) is 0 Å². The predicted octanol–water partition coefficient (Wildman–Crippen LogP) is 3.10. The highest BCUT2D eigenvalue weighted by Gasteiger charge is 2.45. The molecule has 0 aromatic heterocycles. The Morgan fingerprint density at radius 3 is 1.53 bits per heavy atom. The molecule has 0 radical (unpaired) electrons. The van der Waals surface area contributed by atoms with Gasteiger partial charge in [-0.1, -0.05) is 34.6 Å². The second-order valence-electron chi connectivity index (χ2n) is 5.10. The van der Waals surface area contributed by atoms with Gasteiger partial charge in [0.2, 0.25) is 0 Å². The molecule has 4 heteroatoms. The van der Waals surface area contributed by atoms with Gasteiger partial charge in [-0.3, -0.25) is 4.79 Å². The van der Waals surface area contributed by atoms with Crippen LogP contribution >= 0.6 is 0 Å². The van der Waals surface area contributed by atoms with E-state index >= 15 is 0 Å². The van der Waals surface area contributed by atoms with E-state index in [0.717, 1.165) is 0 Å². The third kappa shape index (κ3) is 4.75. The third-order valence-electron chi connectivity index (χ3n) is 2.76. The van der Waals surface area contributed by atoms with Crippen LogP contribution in [0, 0.1) is 5.41 Å². The minimum atomic E-state index is -1.09. The van der Waals surface area contributed by atoms with Crippen LogP contribution in [0.3, 0.4) is 0 Å². The molecule has 1 atom stereocenters. The summed E-state index contributed by atoms with van der Waals surface area (Å²) in [6, 6.07) is 0. The first kappa shape index (κ1) is 18.3. The zero-order valence-corrected chi connectivity index (χ0v) is 12.7. The smallest absolute Gasteiger partial charge is 0.410 e. The number of rotatable bonds is 2. The summed E-state index contributed by atoms with van der Waals surface area (Å²) in [6.07, 6.45) is -0.498. The Labute approximate surface area is 105 Å². The summed E-state index contributed by atoms with van der Waals surface area (Å²) in [4.78, 5) is 24.3. The van der Waals surface area contributed by atoms with Crippen LogP contribution in [0.2, 0.25) is 0 Å². The summed E-state index contributed by atoms with van der Waals surface area (Å²) < 4.78 is 5.26. The summed E-state index contributed by atoms with van der Waals surface area (Å²) in [5.41, 5.74) is -1.52. The van der Waals surface area contributed by atoms with Gasteiger partial charge in [0, 0.05) is 19.5 Å². The number of carbonyl (C=O) groups is 2. The number of hydrogen-bond acceptors (Lipinski definition) is 3. The lowest BCUT2D eigenvalue weighted by molar-refractivity contribution is -0.145. The maximum absolute atomic E-state index is 11.6. The molecule has 0 rings (SSSR count). The fourth-order valence-corrected chi connectivity index (χ4v) is 1.02. The van der Waals surface area contributed by atoms with Crippen LogP contribution < -0.4 is 0 Å². The molecule has 102 valence electrons. The Morgan fingerprint density at radius 2 is 1.35 bits per heavy atom. The van der Waals surface area contributed by atoms with Gasteiger partial charge in [-0.15, -0.1) is 0 Å². The minimum absolute atomic E-state index is 0.148. The quantitative estimate of drug-likeness (QED) is 0.751. The molecule has 4 nitrogen and oxygen atoms in total. The molecule has 0 heterocycles. The fourth-order valence-electron chi connectivity index (χ4n) is 1.02. The molecule has 0 N–H and O–H groups in total. The highest BCUT2D eigenvalue weighted by Crippen LogP contribution is 2.34. The van der Waals surface area contributed by atoms with Crippen molar-refractivity contribution >= 4 is 11.9 Å². The Hall–Kier alpha value is -1.06. The van der Waals surface area contributed by atoms with Crippen LogP contribution in [0.5, 0.6) is 0 Å². The minimum Gasteiger partial charge on any atom is -0.435 e. The summed E-state index contributed by atoms with van der Waals surface area (Å²) in [6.45, 7) is 12.7. The molecule has 0 spiro atoms. The van der Waals surface area contributed by atoms with Gasteiger partial charge in [-0.2, -0.15) is 0 Å². The molecule has 0 aromatic carbocycles. The van der Waals surface area contributed by atoms with Crippen LogP contribution in [0.25, 0.3) is 0 Å². The van der Waals surface area contributed by atoms with E-state index in [9.17, 15) is 9.59 Å². The predicted molar refractivity (Wildman–Crippen MR) is 70.1 cm³/mol. The summed E-state index contributed by atoms with van der Waals surface area (Å²) in [5, 5.41) is 0. The Bertz CT molecular complexity index is 266. The topological polar surface area (TPSA) is 46.6 Å². The first-order chi connectivity index (χ1) is 7.52. The zero-order chi connectivity index (χ0) is 14.4. The number of hydrogen-bond donors (Lipinski definition) is 0. The van der Waals surface area contributed by atoms with Gasteiger partial charge in [0.25, 0.3) is 0 Å². The van der Waals surface area contributed by atoms with Gasteiger partial charge in [-0.05, 0) is 13.8 Å². The van der Waals surface area contributed by atoms with Crippen LogP contribution in [0.4, 0.5) is 4.79 Å². The standard InChI is InChI=1S/C11H21NO3.C2H6/c1-8(13)11(5,10(2,3)4)15-9(14)12(6)7;1-2/h1-7H3;1-2H3/t11-;/m0./s1. The van der Waals surface area contributed by atoms with Crippen LogP contribution in [-0.4, -0.2) is 36.5 Å². The lowest BCUT2D eigenvalue weighted by Crippen LogP contribution is -2.51. The molecular formula is C13H27NO3. The maximum atomic E-state index is 11.6. The average molecular weight is 245 g/mol. The lowest BCUT2D eigenvalue weighted by Gasteiger charge is -2.39. The summed E-state index contributed by atoms with van der Waals surface area (Å²) in [5.74, 6) is -0.148. The molecule has 0 aliphatic rings. The number of Topliss-reactive ketones (excluding diaryl/α,β-unsaturated/α-hetero) is 1. The number of amides is 1. The van der Waals surface area contributed by atoms with Crippen molar-refractivity contribution in [3.63, 3.8) is 0 Å². The second-order valence-corrected chi connectivity index (χ2v) is 5.10. The van der Waals surface area contributed by atoms with Gasteiger partial charge < -0.3 is 9.64 Å². The van der Waals surface area contributed by atoms with E-state index in [1.807, 2.05) is 34.6 Å². The number of nitrogens with zero attached hydrogens (tertiary/aromatic N) is 1. The molecule has 0 aromatic rings. The Balaban J connectivity index is 0. The molecule has 0 aliphatic heterocycles. The van der Waals surface area contributed by atoms with Crippen molar-refractivity contribution in [1.29, 1.82) is 0 Å². The Kier molecular flexibility index (Phi) is 7.13. The van der Waals surface area contributed by atoms with E-state index in [4.69, 9.17) is 4.74 Å². The molecule has 0 unspecified atom stereocenters. The SMILES string of the molecule is CC.CC(=O)[C@](C)(OC(=O)N(C)C)C(C)(C)C. The first-order valence-corrected chi connectivity index (χ1v) is 5.93. The number of carbonyl (C=O) groups excluding carboxylic acids is 2. The van der Waals surface area contributed by atoms with Crippen molar-refractivity contribution in [2.24, 2.45) is 5.41 Å².